The Morgan fingerprint density at radius 1 is 0.763 bits per heavy atom. The van der Waals surface area contributed by atoms with Gasteiger partial charge in [0.25, 0.3) is 0 Å². The fourth-order valence-electron chi connectivity index (χ4n) is 5.90. The fourth-order valence-corrected chi connectivity index (χ4v) is 5.90. The van der Waals surface area contributed by atoms with Crippen molar-refractivity contribution in [2.24, 2.45) is 5.92 Å². The molecule has 1 aliphatic rings. The molecule has 3 aromatic carbocycles. The van der Waals surface area contributed by atoms with Gasteiger partial charge in [-0.25, -0.2) is 13.2 Å². The normalized spacial score (nSPS) is 17.8. The Morgan fingerprint density at radius 2 is 1.45 bits per heavy atom. The third kappa shape index (κ3) is 6.98. The van der Waals surface area contributed by atoms with E-state index in [0.29, 0.717) is 29.0 Å². The van der Waals surface area contributed by atoms with E-state index in [-0.39, 0.29) is 11.4 Å². The Kier molecular flexibility index (Phi) is 10.3. The molecule has 0 spiro atoms. The molecule has 0 radical (unpaired) electrons. The largest absolute Gasteiger partial charge is 0.206 e. The Labute approximate surface area is 227 Å². The first kappa shape index (κ1) is 28.2. The summed E-state index contributed by atoms with van der Waals surface area (Å²) in [5.74, 6) is -0.550. The van der Waals surface area contributed by atoms with E-state index < -0.39 is 11.6 Å². The molecule has 38 heavy (non-hydrogen) atoms. The van der Waals surface area contributed by atoms with Gasteiger partial charge in [0, 0.05) is 11.1 Å². The smallest absolute Gasteiger partial charge is 0.166 e. The molecule has 3 heteroatoms. The van der Waals surface area contributed by atoms with Crippen molar-refractivity contribution in [1.29, 1.82) is 0 Å². The lowest BCUT2D eigenvalue weighted by Crippen LogP contribution is -2.13. The molecule has 1 fully saturated rings. The van der Waals surface area contributed by atoms with Crippen molar-refractivity contribution in [3.63, 3.8) is 0 Å². The predicted octanol–water partition coefficient (Wildman–Crippen LogP) is 11.2. The first-order valence-electron chi connectivity index (χ1n) is 14.5. The average Bonchev–Trinajstić information content (AvgIpc) is 2.94. The van der Waals surface area contributed by atoms with Gasteiger partial charge in [0.15, 0.2) is 11.6 Å². The highest BCUT2D eigenvalue weighted by atomic mass is 19.2. The maximum atomic E-state index is 15.2. The number of benzene rings is 3. The van der Waals surface area contributed by atoms with Gasteiger partial charge < -0.3 is 0 Å². The van der Waals surface area contributed by atoms with Crippen molar-refractivity contribution in [3.8, 4) is 22.3 Å². The zero-order chi connectivity index (χ0) is 26.9. The van der Waals surface area contributed by atoms with Crippen LogP contribution in [0.2, 0.25) is 0 Å². The van der Waals surface area contributed by atoms with Crippen LogP contribution < -0.4 is 0 Å². The van der Waals surface area contributed by atoms with Gasteiger partial charge in [-0.05, 0) is 92.0 Å². The molecule has 0 heterocycles. The van der Waals surface area contributed by atoms with Gasteiger partial charge in [0.2, 0.25) is 0 Å². The molecular formula is C35H41F3. The van der Waals surface area contributed by atoms with E-state index in [0.717, 1.165) is 42.7 Å². The summed E-state index contributed by atoms with van der Waals surface area (Å²) in [5.41, 5.74) is 3.58. The molecule has 0 saturated heterocycles. The second-order valence-electron chi connectivity index (χ2n) is 10.9. The van der Waals surface area contributed by atoms with Gasteiger partial charge in [0.1, 0.15) is 5.82 Å². The molecule has 0 bridgehead atoms. The van der Waals surface area contributed by atoms with Crippen LogP contribution in [-0.4, -0.2) is 0 Å². The molecule has 0 aliphatic heterocycles. The maximum absolute atomic E-state index is 15.2. The first-order valence-corrected chi connectivity index (χ1v) is 14.5. The van der Waals surface area contributed by atoms with Crippen molar-refractivity contribution >= 4 is 0 Å². The van der Waals surface area contributed by atoms with E-state index in [1.807, 2.05) is 25.1 Å². The van der Waals surface area contributed by atoms with Gasteiger partial charge in [-0.3, -0.25) is 0 Å². The van der Waals surface area contributed by atoms with Crippen molar-refractivity contribution in [2.75, 3.05) is 0 Å². The molecule has 1 aliphatic carbocycles. The Hall–Kier alpha value is -2.81. The number of hydrogen-bond donors (Lipinski definition) is 0. The van der Waals surface area contributed by atoms with Crippen LogP contribution in [0.15, 0.2) is 66.7 Å². The number of unbranched alkanes of at least 4 members (excludes halogenated alkanes) is 3. The van der Waals surface area contributed by atoms with Crippen molar-refractivity contribution in [3.05, 3.63) is 95.3 Å². The number of halogens is 3. The highest BCUT2D eigenvalue weighted by Crippen LogP contribution is 2.39. The van der Waals surface area contributed by atoms with Gasteiger partial charge in [-0.2, -0.15) is 0 Å². The molecule has 0 nitrogen and oxygen atoms in total. The molecular weight excluding hydrogens is 477 g/mol. The molecule has 202 valence electrons. The third-order valence-electron chi connectivity index (χ3n) is 8.25. The quantitative estimate of drug-likeness (QED) is 0.175. The lowest BCUT2D eigenvalue weighted by molar-refractivity contribution is 0.302. The van der Waals surface area contributed by atoms with Gasteiger partial charge >= 0.3 is 0 Å². The Morgan fingerprint density at radius 3 is 2.11 bits per heavy atom. The minimum atomic E-state index is -0.822. The topological polar surface area (TPSA) is 0 Å². The summed E-state index contributed by atoms with van der Waals surface area (Å²) >= 11 is 0. The molecule has 0 N–H and O–H groups in total. The van der Waals surface area contributed by atoms with E-state index in [1.54, 1.807) is 42.5 Å². The molecule has 0 aromatic heterocycles. The van der Waals surface area contributed by atoms with Crippen molar-refractivity contribution in [2.45, 2.75) is 90.4 Å². The van der Waals surface area contributed by atoms with Crippen LogP contribution in [0, 0.1) is 23.4 Å². The van der Waals surface area contributed by atoms with Crippen molar-refractivity contribution < 1.29 is 13.2 Å². The zero-order valence-corrected chi connectivity index (χ0v) is 22.9. The van der Waals surface area contributed by atoms with E-state index in [1.165, 1.54) is 38.5 Å². The summed E-state index contributed by atoms with van der Waals surface area (Å²) in [5, 5.41) is 0. The van der Waals surface area contributed by atoms with Gasteiger partial charge in [-0.1, -0.05) is 93.3 Å². The average molecular weight is 519 g/mol. The molecule has 0 unspecified atom stereocenters. The third-order valence-corrected chi connectivity index (χ3v) is 8.25. The summed E-state index contributed by atoms with van der Waals surface area (Å²) in [6, 6.07) is 16.0. The van der Waals surface area contributed by atoms with Crippen molar-refractivity contribution in [1.82, 2.24) is 0 Å². The minimum absolute atomic E-state index is 0.222. The van der Waals surface area contributed by atoms with E-state index in [2.05, 4.69) is 13.0 Å². The fraction of sp³-hybridized carbons (Fsp3) is 0.429. The standard InChI is InChI=1S/C35H41F3/c1-3-5-7-9-11-29-20-23-32(35(38)34(29)37)28-18-16-27(17-19-28)31-22-21-30(24-33(31)36)26-14-12-25(13-15-26)10-8-6-4-2/h3,5,16-26H,4,6-15H2,1-2H3/b5-3-. The predicted molar refractivity (Wildman–Crippen MR) is 154 cm³/mol. The second kappa shape index (κ2) is 13.8. The van der Waals surface area contributed by atoms with Crippen LogP contribution in [0.4, 0.5) is 13.2 Å². The first-order chi connectivity index (χ1) is 18.5. The van der Waals surface area contributed by atoms with Crippen LogP contribution in [-0.2, 0) is 6.42 Å². The Bertz CT molecular complexity index is 1200. The van der Waals surface area contributed by atoms with Crippen LogP contribution in [0.1, 0.15) is 95.1 Å². The van der Waals surface area contributed by atoms with E-state index >= 15 is 4.39 Å². The maximum Gasteiger partial charge on any atom is 0.166 e. The number of allylic oxidation sites excluding steroid dienone is 2. The Balaban J connectivity index is 1.42. The number of hydrogen-bond acceptors (Lipinski definition) is 0. The zero-order valence-electron chi connectivity index (χ0n) is 22.9. The highest BCUT2D eigenvalue weighted by Gasteiger charge is 2.23. The molecule has 4 rings (SSSR count). The molecule has 0 amide bonds. The lowest BCUT2D eigenvalue weighted by Gasteiger charge is -2.29. The summed E-state index contributed by atoms with van der Waals surface area (Å²) in [6.07, 6.45) is 16.1. The number of rotatable bonds is 11. The SMILES string of the molecule is C/C=C\CCCc1ccc(-c2ccc(-c3ccc(C4CCC(CCCCC)CC4)cc3F)cc2)c(F)c1F. The molecule has 1 saturated carbocycles. The highest BCUT2D eigenvalue weighted by molar-refractivity contribution is 5.71. The van der Waals surface area contributed by atoms with Crippen LogP contribution in [0.25, 0.3) is 22.3 Å². The van der Waals surface area contributed by atoms with Crippen LogP contribution >= 0.6 is 0 Å². The lowest BCUT2D eigenvalue weighted by atomic mass is 9.77. The summed E-state index contributed by atoms with van der Waals surface area (Å²) in [7, 11) is 0. The van der Waals surface area contributed by atoms with Gasteiger partial charge in [-0.15, -0.1) is 0 Å². The molecule has 3 aromatic rings. The van der Waals surface area contributed by atoms with Crippen LogP contribution in [0.3, 0.4) is 0 Å². The second-order valence-corrected chi connectivity index (χ2v) is 10.9. The summed E-state index contributed by atoms with van der Waals surface area (Å²) in [6.45, 7) is 4.20. The summed E-state index contributed by atoms with van der Waals surface area (Å²) in [4.78, 5) is 0. The number of aryl methyl sites for hydroxylation is 1. The van der Waals surface area contributed by atoms with Crippen LogP contribution in [0.5, 0.6) is 0 Å². The van der Waals surface area contributed by atoms with E-state index in [9.17, 15) is 8.78 Å². The van der Waals surface area contributed by atoms with E-state index in [4.69, 9.17) is 0 Å². The monoisotopic (exact) mass is 518 g/mol. The molecule has 0 atom stereocenters. The summed E-state index contributed by atoms with van der Waals surface area (Å²) < 4.78 is 44.8. The van der Waals surface area contributed by atoms with Gasteiger partial charge in [0.05, 0.1) is 0 Å². The minimum Gasteiger partial charge on any atom is -0.206 e.